The Morgan fingerprint density at radius 3 is 2.55 bits per heavy atom. The van der Waals surface area contributed by atoms with Gasteiger partial charge in [0.25, 0.3) is 0 Å². The number of rotatable bonds is 2. The van der Waals surface area contributed by atoms with Crippen LogP contribution in [0.15, 0.2) is 4.99 Å². The van der Waals surface area contributed by atoms with Crippen molar-refractivity contribution >= 4 is 11.7 Å². The van der Waals surface area contributed by atoms with Gasteiger partial charge in [0.05, 0.1) is 18.2 Å². The van der Waals surface area contributed by atoms with Crippen molar-refractivity contribution in [2.75, 3.05) is 0 Å². The molecule has 4 aliphatic heterocycles. The molecule has 0 unspecified atom stereocenters. The van der Waals surface area contributed by atoms with Gasteiger partial charge in [-0.15, -0.1) is 0 Å². The Morgan fingerprint density at radius 2 is 2.00 bits per heavy atom. The predicted molar refractivity (Wildman–Crippen MR) is 69.7 cm³/mol. The van der Waals surface area contributed by atoms with Gasteiger partial charge in [0.15, 0.2) is 10.8 Å². The molecule has 4 heterocycles. The fraction of sp³-hybridized carbons (Fsp3) is 0.714. The molecule has 6 heteroatoms. The van der Waals surface area contributed by atoms with Crippen molar-refractivity contribution in [3.8, 4) is 12.1 Å². The summed E-state index contributed by atoms with van der Waals surface area (Å²) in [5, 5.41) is 27.8. The zero-order valence-corrected chi connectivity index (χ0v) is 11.7. The van der Waals surface area contributed by atoms with E-state index in [0.717, 1.165) is 6.42 Å². The molecular formula is C14H16N4O2. The summed E-state index contributed by atoms with van der Waals surface area (Å²) in [6.07, 6.45) is 0.990. The molecule has 0 spiro atoms. The summed E-state index contributed by atoms with van der Waals surface area (Å²) >= 11 is 0. The van der Waals surface area contributed by atoms with Gasteiger partial charge in [-0.2, -0.15) is 15.5 Å². The second-order valence-electron chi connectivity index (χ2n) is 5.84. The van der Waals surface area contributed by atoms with Gasteiger partial charge in [-0.25, -0.2) is 0 Å². The Kier molecular flexibility index (Phi) is 2.35. The van der Waals surface area contributed by atoms with Crippen molar-refractivity contribution in [2.24, 2.45) is 21.7 Å². The van der Waals surface area contributed by atoms with E-state index >= 15 is 0 Å². The minimum absolute atomic E-state index is 0.0721. The van der Waals surface area contributed by atoms with Gasteiger partial charge in [-0.1, -0.05) is 20.3 Å². The zero-order chi connectivity index (χ0) is 14.8. The number of amidine groups is 1. The Balaban J connectivity index is 2.31. The van der Waals surface area contributed by atoms with E-state index in [0.29, 0.717) is 6.42 Å². The fourth-order valence-corrected chi connectivity index (χ4v) is 3.83. The lowest BCUT2D eigenvalue weighted by atomic mass is 9.51. The van der Waals surface area contributed by atoms with E-state index < -0.39 is 28.6 Å². The summed E-state index contributed by atoms with van der Waals surface area (Å²) in [6, 6.07) is 4.45. The Bertz CT molecular complexity index is 616. The monoisotopic (exact) mass is 272 g/mol. The van der Waals surface area contributed by atoms with E-state index in [9.17, 15) is 10.5 Å². The molecule has 6 nitrogen and oxygen atoms in total. The molecule has 0 amide bonds. The Hall–Kier alpha value is -1.92. The van der Waals surface area contributed by atoms with Gasteiger partial charge in [0, 0.05) is 12.8 Å². The maximum absolute atomic E-state index is 9.82. The molecule has 4 bridgehead atoms. The summed E-state index contributed by atoms with van der Waals surface area (Å²) in [4.78, 5) is 4.10. The van der Waals surface area contributed by atoms with Crippen molar-refractivity contribution in [1.82, 2.24) is 0 Å². The third kappa shape index (κ3) is 1.01. The normalized spacial score (nSPS) is 48.2. The lowest BCUT2D eigenvalue weighted by Gasteiger charge is -2.60. The molecule has 4 aliphatic rings. The molecular weight excluding hydrogens is 256 g/mol. The first-order chi connectivity index (χ1) is 9.42. The molecule has 0 radical (unpaired) electrons. The highest BCUT2D eigenvalue weighted by Gasteiger charge is 2.81. The molecule has 4 rings (SSSR count). The highest BCUT2D eigenvalue weighted by molar-refractivity contribution is 6.12. The van der Waals surface area contributed by atoms with Crippen LogP contribution in [0, 0.1) is 44.8 Å². The average Bonchev–Trinajstić information content (AvgIpc) is 2.62. The maximum Gasteiger partial charge on any atom is 0.218 e. The molecule has 0 saturated carbocycles. The third-order valence-electron chi connectivity index (χ3n) is 5.04. The minimum atomic E-state index is -1.29. The van der Waals surface area contributed by atoms with Gasteiger partial charge in [-0.3, -0.25) is 5.41 Å². The van der Waals surface area contributed by atoms with Crippen LogP contribution in [0.25, 0.3) is 0 Å². The van der Waals surface area contributed by atoms with E-state index in [1.807, 2.05) is 6.92 Å². The van der Waals surface area contributed by atoms with E-state index in [1.165, 1.54) is 0 Å². The third-order valence-corrected chi connectivity index (χ3v) is 5.04. The van der Waals surface area contributed by atoms with Crippen LogP contribution in [0.1, 0.15) is 33.6 Å². The molecule has 0 aromatic heterocycles. The quantitative estimate of drug-likeness (QED) is 0.830. The van der Waals surface area contributed by atoms with Crippen LogP contribution in [0.4, 0.5) is 0 Å². The molecule has 104 valence electrons. The van der Waals surface area contributed by atoms with Gasteiger partial charge in [0.2, 0.25) is 11.7 Å². The number of aliphatic imine (C=N–C) groups is 1. The molecule has 1 N–H and O–H groups in total. The zero-order valence-electron chi connectivity index (χ0n) is 11.7. The highest BCUT2D eigenvalue weighted by atomic mass is 16.7. The first-order valence-corrected chi connectivity index (χ1v) is 6.80. The molecule has 0 aromatic carbocycles. The number of hydrogen-bond donors (Lipinski definition) is 1. The van der Waals surface area contributed by atoms with Crippen LogP contribution in [-0.2, 0) is 9.47 Å². The molecule has 3 saturated heterocycles. The van der Waals surface area contributed by atoms with E-state index in [2.05, 4.69) is 17.1 Å². The number of ether oxygens (including phenoxy) is 2. The summed E-state index contributed by atoms with van der Waals surface area (Å²) in [5.41, 5.74) is -2.56. The smallest absolute Gasteiger partial charge is 0.218 e. The standard InChI is InChI=1S/C14H16N4O2/c1-4-5-9-14(7-16)11-18-10(17)13(14,6-15)8(2)12(3,19-9)20-11/h8-9,17H,4-5H2,1-3H3/t8-,9+,12-,13+,14-/m0/s1. The fourth-order valence-electron chi connectivity index (χ4n) is 3.83. The van der Waals surface area contributed by atoms with Gasteiger partial charge >= 0.3 is 0 Å². The van der Waals surface area contributed by atoms with Crippen LogP contribution in [0.5, 0.6) is 0 Å². The van der Waals surface area contributed by atoms with Crippen LogP contribution in [0.3, 0.4) is 0 Å². The minimum Gasteiger partial charge on any atom is -0.447 e. The Labute approximate surface area is 117 Å². The van der Waals surface area contributed by atoms with Crippen molar-refractivity contribution in [3.05, 3.63) is 0 Å². The number of nitrogens with zero attached hydrogens (tertiary/aromatic N) is 3. The van der Waals surface area contributed by atoms with Gasteiger partial charge in [-0.05, 0) is 6.42 Å². The summed E-state index contributed by atoms with van der Waals surface area (Å²) in [7, 11) is 0. The number of fused-ring (bicyclic) bond motifs is 1. The molecule has 0 aliphatic carbocycles. The van der Waals surface area contributed by atoms with Crippen LogP contribution >= 0.6 is 0 Å². The lowest BCUT2D eigenvalue weighted by molar-refractivity contribution is -0.330. The summed E-state index contributed by atoms with van der Waals surface area (Å²) in [6.45, 7) is 5.56. The maximum atomic E-state index is 9.82. The van der Waals surface area contributed by atoms with Gasteiger partial charge in [0.1, 0.15) is 5.84 Å². The molecule has 3 fully saturated rings. The predicted octanol–water partition coefficient (Wildman–Crippen LogP) is 1.98. The summed E-state index contributed by atoms with van der Waals surface area (Å²) in [5.74, 6) is -1.32. The SMILES string of the molecule is CCC[C@H]1O[C@@]2(C)OC3=NC(=N)[C@@](C#N)([C@H]2C)[C@]31C#N. The van der Waals surface area contributed by atoms with Crippen LogP contribution < -0.4 is 0 Å². The Morgan fingerprint density at radius 1 is 1.35 bits per heavy atom. The lowest BCUT2D eigenvalue weighted by Crippen LogP contribution is -2.73. The van der Waals surface area contributed by atoms with Crippen LogP contribution in [-0.4, -0.2) is 23.6 Å². The number of hydrogen-bond acceptors (Lipinski definition) is 5. The molecule has 20 heavy (non-hydrogen) atoms. The topological polar surface area (TPSA) is 102 Å². The van der Waals surface area contributed by atoms with Crippen molar-refractivity contribution < 1.29 is 9.47 Å². The van der Waals surface area contributed by atoms with E-state index in [1.54, 1.807) is 13.8 Å². The average molecular weight is 272 g/mol. The van der Waals surface area contributed by atoms with Crippen LogP contribution in [0.2, 0.25) is 0 Å². The number of nitrogens with one attached hydrogen (secondary N) is 1. The summed E-state index contributed by atoms with van der Waals surface area (Å²) < 4.78 is 11.8. The second kappa shape index (κ2) is 3.59. The largest absolute Gasteiger partial charge is 0.447 e. The van der Waals surface area contributed by atoms with E-state index in [4.69, 9.17) is 14.9 Å². The molecule has 0 aromatic rings. The second-order valence-corrected chi connectivity index (χ2v) is 5.84. The van der Waals surface area contributed by atoms with Gasteiger partial charge < -0.3 is 9.47 Å². The van der Waals surface area contributed by atoms with E-state index in [-0.39, 0.29) is 11.7 Å². The highest BCUT2D eigenvalue weighted by Crippen LogP contribution is 2.66. The van der Waals surface area contributed by atoms with Crippen molar-refractivity contribution in [1.29, 1.82) is 15.9 Å². The van der Waals surface area contributed by atoms with Crippen molar-refractivity contribution in [3.63, 3.8) is 0 Å². The molecule has 5 atom stereocenters. The van der Waals surface area contributed by atoms with Crippen molar-refractivity contribution in [2.45, 2.75) is 45.5 Å². The number of nitriles is 2. The first-order valence-electron chi connectivity index (χ1n) is 6.80. The first kappa shape index (κ1) is 13.1.